The van der Waals surface area contributed by atoms with Crippen LogP contribution in [0.15, 0.2) is 12.4 Å². The number of fused-ring (bicyclic) bond motifs is 2. The van der Waals surface area contributed by atoms with Crippen LogP contribution in [0.25, 0.3) is 0 Å². The first kappa shape index (κ1) is 14.6. The molecule has 0 aliphatic carbocycles. The van der Waals surface area contributed by atoms with E-state index in [-0.39, 0.29) is 11.4 Å². The van der Waals surface area contributed by atoms with Gasteiger partial charge in [-0.3, -0.25) is 9.48 Å². The van der Waals surface area contributed by atoms with Crippen LogP contribution in [-0.2, 0) is 5.54 Å². The summed E-state index contributed by atoms with van der Waals surface area (Å²) in [5, 5.41) is 7.96. The molecule has 3 rings (SSSR count). The van der Waals surface area contributed by atoms with Gasteiger partial charge in [0.15, 0.2) is 0 Å². The Morgan fingerprint density at radius 3 is 2.48 bits per heavy atom. The molecule has 2 aliphatic rings. The topological polar surface area (TPSA) is 50.2 Å². The van der Waals surface area contributed by atoms with Gasteiger partial charge in [0.25, 0.3) is 5.91 Å². The van der Waals surface area contributed by atoms with E-state index in [9.17, 15) is 4.79 Å². The summed E-state index contributed by atoms with van der Waals surface area (Å²) in [4.78, 5) is 14.6. The monoisotopic (exact) mass is 290 g/mol. The fourth-order valence-corrected chi connectivity index (χ4v) is 3.51. The minimum atomic E-state index is -0.0923. The van der Waals surface area contributed by atoms with Gasteiger partial charge in [0.2, 0.25) is 0 Å². The summed E-state index contributed by atoms with van der Waals surface area (Å²) >= 11 is 0. The van der Waals surface area contributed by atoms with E-state index in [1.54, 1.807) is 6.20 Å². The molecule has 0 saturated carbocycles. The maximum absolute atomic E-state index is 12.7. The molecule has 5 nitrogen and oxygen atoms in total. The Bertz CT molecular complexity index is 519. The molecular weight excluding hydrogens is 264 g/mol. The summed E-state index contributed by atoms with van der Waals surface area (Å²) in [6.07, 6.45) is 8.23. The van der Waals surface area contributed by atoms with Gasteiger partial charge < -0.3 is 10.2 Å². The number of rotatable bonds is 2. The third-order valence-electron chi connectivity index (χ3n) is 4.83. The third-order valence-corrected chi connectivity index (χ3v) is 4.83. The van der Waals surface area contributed by atoms with E-state index in [4.69, 9.17) is 0 Å². The first-order chi connectivity index (χ1) is 9.84. The number of nitrogens with zero attached hydrogens (tertiary/aromatic N) is 3. The second-order valence-corrected chi connectivity index (χ2v) is 7.52. The van der Waals surface area contributed by atoms with Crippen LogP contribution in [0.5, 0.6) is 0 Å². The zero-order chi connectivity index (χ0) is 15.2. The van der Waals surface area contributed by atoms with Crippen molar-refractivity contribution in [2.24, 2.45) is 0 Å². The van der Waals surface area contributed by atoms with Gasteiger partial charge in [-0.25, -0.2) is 0 Å². The van der Waals surface area contributed by atoms with E-state index in [1.807, 2.05) is 22.8 Å². The van der Waals surface area contributed by atoms with Gasteiger partial charge in [-0.1, -0.05) is 0 Å². The van der Waals surface area contributed by atoms with Crippen LogP contribution in [0.3, 0.4) is 0 Å². The van der Waals surface area contributed by atoms with E-state index in [0.717, 1.165) is 12.8 Å². The average molecular weight is 290 g/mol. The van der Waals surface area contributed by atoms with Gasteiger partial charge in [0, 0.05) is 31.4 Å². The summed E-state index contributed by atoms with van der Waals surface area (Å²) in [7, 11) is 1.94. The number of hydrogen-bond donors (Lipinski definition) is 1. The summed E-state index contributed by atoms with van der Waals surface area (Å²) in [5.41, 5.74) is 0.601. The Hall–Kier alpha value is -1.36. The smallest absolute Gasteiger partial charge is 0.257 e. The molecule has 2 atom stereocenters. The molecule has 2 fully saturated rings. The van der Waals surface area contributed by atoms with Gasteiger partial charge in [-0.2, -0.15) is 5.10 Å². The molecule has 1 aromatic heterocycles. The lowest BCUT2D eigenvalue weighted by Crippen LogP contribution is -2.48. The summed E-state index contributed by atoms with van der Waals surface area (Å²) in [6, 6.07) is 1.55. The van der Waals surface area contributed by atoms with E-state index in [0.29, 0.717) is 23.7 Å². The predicted octanol–water partition coefficient (Wildman–Crippen LogP) is 1.99. The lowest BCUT2D eigenvalue weighted by Gasteiger charge is -2.35. The van der Waals surface area contributed by atoms with Crippen molar-refractivity contribution in [3.8, 4) is 0 Å². The van der Waals surface area contributed by atoms with Crippen molar-refractivity contribution in [1.82, 2.24) is 20.0 Å². The van der Waals surface area contributed by atoms with Gasteiger partial charge in [0.05, 0.1) is 17.3 Å². The molecule has 2 saturated heterocycles. The normalized spacial score (nSPS) is 28.7. The molecule has 0 aromatic carbocycles. The van der Waals surface area contributed by atoms with E-state index in [1.165, 1.54) is 12.8 Å². The lowest BCUT2D eigenvalue weighted by molar-refractivity contribution is 0.0681. The van der Waals surface area contributed by atoms with Crippen LogP contribution >= 0.6 is 0 Å². The number of nitrogens with one attached hydrogen (secondary N) is 1. The maximum Gasteiger partial charge on any atom is 0.257 e. The zero-order valence-corrected chi connectivity index (χ0v) is 13.5. The molecule has 2 unspecified atom stereocenters. The molecule has 2 aliphatic heterocycles. The number of carbonyl (C=O) groups is 1. The van der Waals surface area contributed by atoms with Crippen molar-refractivity contribution in [2.45, 2.75) is 70.1 Å². The molecule has 2 bridgehead atoms. The van der Waals surface area contributed by atoms with Crippen molar-refractivity contribution in [3.63, 3.8) is 0 Å². The Kier molecular flexibility index (Phi) is 3.56. The van der Waals surface area contributed by atoms with E-state index >= 15 is 0 Å². The third kappa shape index (κ3) is 2.84. The summed E-state index contributed by atoms with van der Waals surface area (Å²) in [6.45, 7) is 6.26. The molecule has 3 heterocycles. The largest absolute Gasteiger partial charge is 0.339 e. The predicted molar refractivity (Wildman–Crippen MR) is 82.3 cm³/mol. The fourth-order valence-electron chi connectivity index (χ4n) is 3.51. The fraction of sp³-hybridized carbons (Fsp3) is 0.750. The SMILES string of the molecule is CN(C(=O)c1cnn(C(C)(C)C)c1)C1CC2CCC(C1)N2. The van der Waals surface area contributed by atoms with Crippen molar-refractivity contribution in [3.05, 3.63) is 18.0 Å². The number of amides is 1. The standard InChI is InChI=1S/C16H26N4O/c1-16(2,3)20-10-11(9-17-20)15(21)19(4)14-7-12-5-6-13(8-14)18-12/h9-10,12-14,18H,5-8H2,1-4H3. The lowest BCUT2D eigenvalue weighted by atomic mass is 9.98. The van der Waals surface area contributed by atoms with Crippen molar-refractivity contribution >= 4 is 5.91 Å². The Morgan fingerprint density at radius 2 is 1.95 bits per heavy atom. The second-order valence-electron chi connectivity index (χ2n) is 7.52. The van der Waals surface area contributed by atoms with Crippen molar-refractivity contribution < 1.29 is 4.79 Å². The molecule has 116 valence electrons. The van der Waals surface area contributed by atoms with Crippen LogP contribution < -0.4 is 5.32 Å². The molecule has 0 spiro atoms. The number of aromatic nitrogens is 2. The molecular formula is C16H26N4O. The number of carbonyl (C=O) groups excluding carboxylic acids is 1. The Labute approximate surface area is 126 Å². The van der Waals surface area contributed by atoms with Gasteiger partial charge >= 0.3 is 0 Å². The van der Waals surface area contributed by atoms with Crippen LogP contribution in [0.4, 0.5) is 0 Å². The number of hydrogen-bond acceptors (Lipinski definition) is 3. The highest BCUT2D eigenvalue weighted by molar-refractivity contribution is 5.93. The molecule has 21 heavy (non-hydrogen) atoms. The Balaban J connectivity index is 1.71. The van der Waals surface area contributed by atoms with Crippen molar-refractivity contribution in [2.75, 3.05) is 7.05 Å². The molecule has 5 heteroatoms. The zero-order valence-electron chi connectivity index (χ0n) is 13.5. The number of piperidine rings is 1. The van der Waals surface area contributed by atoms with Crippen LogP contribution in [0.2, 0.25) is 0 Å². The highest BCUT2D eigenvalue weighted by Crippen LogP contribution is 2.29. The summed E-state index contributed by atoms with van der Waals surface area (Å²) < 4.78 is 1.86. The highest BCUT2D eigenvalue weighted by atomic mass is 16.2. The van der Waals surface area contributed by atoms with E-state index < -0.39 is 0 Å². The van der Waals surface area contributed by atoms with E-state index in [2.05, 4.69) is 31.2 Å². The Morgan fingerprint density at radius 1 is 1.33 bits per heavy atom. The minimum absolute atomic E-state index is 0.0923. The maximum atomic E-state index is 12.7. The van der Waals surface area contributed by atoms with Crippen LogP contribution in [0, 0.1) is 0 Å². The van der Waals surface area contributed by atoms with Gasteiger partial charge in [0.1, 0.15) is 0 Å². The minimum Gasteiger partial charge on any atom is -0.339 e. The molecule has 0 radical (unpaired) electrons. The van der Waals surface area contributed by atoms with Gasteiger partial charge in [-0.05, 0) is 46.5 Å². The molecule has 1 aromatic rings. The van der Waals surface area contributed by atoms with Crippen molar-refractivity contribution in [1.29, 1.82) is 0 Å². The average Bonchev–Trinajstić information content (AvgIpc) is 3.03. The summed E-state index contributed by atoms with van der Waals surface area (Å²) in [5.74, 6) is 0.0943. The molecule has 1 N–H and O–H groups in total. The molecule has 1 amide bonds. The quantitative estimate of drug-likeness (QED) is 0.906. The second kappa shape index (κ2) is 5.13. The first-order valence-corrected chi connectivity index (χ1v) is 7.93. The van der Waals surface area contributed by atoms with Crippen LogP contribution in [-0.4, -0.2) is 45.8 Å². The van der Waals surface area contributed by atoms with Crippen LogP contribution in [0.1, 0.15) is 56.8 Å². The first-order valence-electron chi connectivity index (χ1n) is 7.93. The highest BCUT2D eigenvalue weighted by Gasteiger charge is 2.36. The van der Waals surface area contributed by atoms with Gasteiger partial charge in [-0.15, -0.1) is 0 Å².